The fourth-order valence-electron chi connectivity index (χ4n) is 3.72. The van der Waals surface area contributed by atoms with Gasteiger partial charge in [-0.15, -0.1) is 0 Å². The summed E-state index contributed by atoms with van der Waals surface area (Å²) in [4.78, 5) is 26.1. The summed E-state index contributed by atoms with van der Waals surface area (Å²) in [7, 11) is 0. The Morgan fingerprint density at radius 1 is 0.964 bits per heavy atom. The fraction of sp³-hybridized carbons (Fsp3) is 0.167. The van der Waals surface area contributed by atoms with E-state index in [-0.39, 0.29) is 18.2 Å². The van der Waals surface area contributed by atoms with Gasteiger partial charge in [-0.05, 0) is 25.5 Å². The molecule has 0 aliphatic carbocycles. The summed E-state index contributed by atoms with van der Waals surface area (Å²) in [5, 5.41) is 11.8. The molecule has 1 aliphatic heterocycles. The van der Waals surface area contributed by atoms with E-state index in [4.69, 9.17) is 0 Å². The molecule has 0 bridgehead atoms. The third-order valence-corrected chi connectivity index (χ3v) is 5.32. The topological polar surface area (TPSA) is 57.6 Å². The lowest BCUT2D eigenvalue weighted by atomic mass is 9.93. The molecule has 1 amide bonds. The average molecular weight is 371 g/mol. The lowest BCUT2D eigenvalue weighted by Gasteiger charge is -2.35. The van der Waals surface area contributed by atoms with Gasteiger partial charge in [0.25, 0.3) is 5.91 Å². The molecule has 3 aromatic rings. The largest absolute Gasteiger partial charge is 0.363 e. The minimum Gasteiger partial charge on any atom is -0.363 e. The summed E-state index contributed by atoms with van der Waals surface area (Å²) in [5.41, 5.74) is 2.74. The van der Waals surface area contributed by atoms with E-state index in [1.165, 1.54) is 11.8 Å². The Bertz CT molecular complexity index is 1050. The van der Waals surface area contributed by atoms with Crippen LogP contribution in [0.15, 0.2) is 72.8 Å². The molecule has 4 heteroatoms. The molecule has 140 valence electrons. The Hall–Kier alpha value is -3.24. The van der Waals surface area contributed by atoms with E-state index in [1.807, 2.05) is 49.4 Å². The van der Waals surface area contributed by atoms with Crippen molar-refractivity contribution in [3.8, 4) is 0 Å². The number of hydrogen-bond acceptors (Lipinski definition) is 3. The van der Waals surface area contributed by atoms with Gasteiger partial charge in [0.1, 0.15) is 0 Å². The van der Waals surface area contributed by atoms with Crippen molar-refractivity contribution in [2.75, 3.05) is 0 Å². The van der Waals surface area contributed by atoms with Gasteiger partial charge in [-0.1, -0.05) is 72.3 Å². The van der Waals surface area contributed by atoms with E-state index in [2.05, 4.69) is 0 Å². The number of benzene rings is 3. The standard InChI is InChI=1S/C24H21NO3/c1-16-7-13-20(14-8-16)24(28)22-6-4-3-5-21(22)23(27)25(24)15-18-9-11-19(12-10-18)17(2)26/h3-14,28H,15H2,1-2H3. The first kappa shape index (κ1) is 18.1. The number of carbonyl (C=O) groups is 2. The van der Waals surface area contributed by atoms with Crippen molar-refractivity contribution < 1.29 is 14.7 Å². The van der Waals surface area contributed by atoms with Gasteiger partial charge in [0.05, 0.1) is 0 Å². The van der Waals surface area contributed by atoms with Gasteiger partial charge in [-0.3, -0.25) is 14.5 Å². The van der Waals surface area contributed by atoms with Crippen LogP contribution < -0.4 is 0 Å². The molecule has 28 heavy (non-hydrogen) atoms. The van der Waals surface area contributed by atoms with Crippen LogP contribution in [0.4, 0.5) is 0 Å². The number of carbonyl (C=O) groups excluding carboxylic acids is 2. The first-order valence-corrected chi connectivity index (χ1v) is 9.22. The molecule has 0 radical (unpaired) electrons. The van der Waals surface area contributed by atoms with Crippen LogP contribution >= 0.6 is 0 Å². The second-order valence-corrected chi connectivity index (χ2v) is 7.23. The summed E-state index contributed by atoms with van der Waals surface area (Å²) in [6.07, 6.45) is 0. The van der Waals surface area contributed by atoms with Crippen LogP contribution in [0.1, 0.15) is 49.9 Å². The number of rotatable bonds is 4. The van der Waals surface area contributed by atoms with Crippen LogP contribution in [-0.2, 0) is 12.3 Å². The third-order valence-electron chi connectivity index (χ3n) is 5.32. The Labute approximate surface area is 164 Å². The van der Waals surface area contributed by atoms with E-state index in [9.17, 15) is 14.7 Å². The van der Waals surface area contributed by atoms with Gasteiger partial charge in [0, 0.05) is 28.8 Å². The van der Waals surface area contributed by atoms with Crippen molar-refractivity contribution in [2.45, 2.75) is 26.1 Å². The molecule has 4 nitrogen and oxygen atoms in total. The molecule has 0 saturated heterocycles. The number of nitrogens with zero attached hydrogens (tertiary/aromatic N) is 1. The minimum atomic E-state index is -1.54. The summed E-state index contributed by atoms with van der Waals surface area (Å²) >= 11 is 0. The highest BCUT2D eigenvalue weighted by atomic mass is 16.3. The third kappa shape index (κ3) is 2.83. The maximum atomic E-state index is 13.1. The predicted octanol–water partition coefficient (Wildman–Crippen LogP) is 4.05. The zero-order valence-corrected chi connectivity index (χ0v) is 15.8. The SMILES string of the molecule is CC(=O)c1ccc(CN2C(=O)c3ccccc3C2(O)c2ccc(C)cc2)cc1. The highest BCUT2D eigenvalue weighted by Crippen LogP contribution is 2.43. The Kier molecular flexibility index (Phi) is 4.36. The minimum absolute atomic E-state index is 0.00707. The summed E-state index contributed by atoms with van der Waals surface area (Å²) in [5.74, 6) is -0.221. The van der Waals surface area contributed by atoms with Crippen molar-refractivity contribution in [1.29, 1.82) is 0 Å². The van der Waals surface area contributed by atoms with Crippen molar-refractivity contribution in [3.63, 3.8) is 0 Å². The van der Waals surface area contributed by atoms with Crippen LogP contribution in [0.2, 0.25) is 0 Å². The lowest BCUT2D eigenvalue weighted by Crippen LogP contribution is -2.44. The number of amides is 1. The molecule has 1 aliphatic rings. The first-order valence-electron chi connectivity index (χ1n) is 9.22. The van der Waals surface area contributed by atoms with Crippen LogP contribution in [0.25, 0.3) is 0 Å². The van der Waals surface area contributed by atoms with Gasteiger partial charge >= 0.3 is 0 Å². The maximum absolute atomic E-state index is 13.1. The quantitative estimate of drug-likeness (QED) is 0.704. The van der Waals surface area contributed by atoms with Gasteiger partial charge in [0.15, 0.2) is 11.5 Å². The lowest BCUT2D eigenvalue weighted by molar-refractivity contribution is -0.0543. The van der Waals surface area contributed by atoms with E-state index < -0.39 is 5.72 Å². The van der Waals surface area contributed by atoms with Crippen molar-refractivity contribution in [1.82, 2.24) is 4.90 Å². The molecule has 1 unspecified atom stereocenters. The molecular weight excluding hydrogens is 350 g/mol. The Morgan fingerprint density at radius 3 is 2.25 bits per heavy atom. The molecule has 0 saturated carbocycles. The number of aryl methyl sites for hydroxylation is 1. The van der Waals surface area contributed by atoms with Gasteiger partial charge < -0.3 is 5.11 Å². The van der Waals surface area contributed by atoms with Gasteiger partial charge in [0.2, 0.25) is 0 Å². The van der Waals surface area contributed by atoms with E-state index in [1.54, 1.807) is 30.3 Å². The van der Waals surface area contributed by atoms with Crippen LogP contribution in [-0.4, -0.2) is 21.7 Å². The van der Waals surface area contributed by atoms with E-state index in [0.717, 1.165) is 11.1 Å². The molecule has 0 aromatic heterocycles. The maximum Gasteiger partial charge on any atom is 0.257 e. The zero-order chi connectivity index (χ0) is 19.9. The molecule has 1 heterocycles. The summed E-state index contributed by atoms with van der Waals surface area (Å²) < 4.78 is 0. The predicted molar refractivity (Wildman–Crippen MR) is 107 cm³/mol. The van der Waals surface area contributed by atoms with Crippen molar-refractivity contribution >= 4 is 11.7 Å². The normalized spacial score (nSPS) is 18.2. The highest BCUT2D eigenvalue weighted by molar-refractivity contribution is 6.00. The van der Waals surface area contributed by atoms with Crippen LogP contribution in [0.5, 0.6) is 0 Å². The Morgan fingerprint density at radius 2 is 1.61 bits per heavy atom. The zero-order valence-electron chi connectivity index (χ0n) is 15.8. The molecule has 3 aromatic carbocycles. The molecule has 1 atom stereocenters. The van der Waals surface area contributed by atoms with E-state index in [0.29, 0.717) is 22.3 Å². The van der Waals surface area contributed by atoms with Crippen molar-refractivity contribution in [3.05, 3.63) is 106 Å². The van der Waals surface area contributed by atoms with Crippen molar-refractivity contribution in [2.24, 2.45) is 0 Å². The second kappa shape index (κ2) is 6.73. The molecular formula is C24H21NO3. The number of Topliss-reactive ketones (excluding diaryl/α,β-unsaturated/α-hetero) is 1. The van der Waals surface area contributed by atoms with Crippen LogP contribution in [0.3, 0.4) is 0 Å². The molecule has 4 rings (SSSR count). The molecule has 0 spiro atoms. The number of aliphatic hydroxyl groups is 1. The smallest absolute Gasteiger partial charge is 0.257 e. The number of fused-ring (bicyclic) bond motifs is 1. The monoisotopic (exact) mass is 371 g/mol. The summed E-state index contributed by atoms with van der Waals surface area (Å²) in [6.45, 7) is 3.73. The highest BCUT2D eigenvalue weighted by Gasteiger charge is 2.49. The second-order valence-electron chi connectivity index (χ2n) is 7.23. The molecule has 0 fully saturated rings. The van der Waals surface area contributed by atoms with E-state index >= 15 is 0 Å². The van der Waals surface area contributed by atoms with Crippen LogP contribution in [0, 0.1) is 6.92 Å². The average Bonchev–Trinajstić information content (AvgIpc) is 2.92. The number of ketones is 1. The fourth-order valence-corrected chi connectivity index (χ4v) is 3.72. The molecule has 1 N–H and O–H groups in total. The summed E-state index contributed by atoms with van der Waals surface area (Å²) in [6, 6.07) is 21.9. The number of hydrogen-bond donors (Lipinski definition) is 1. The van der Waals surface area contributed by atoms with Gasteiger partial charge in [-0.2, -0.15) is 0 Å². The Balaban J connectivity index is 1.79. The van der Waals surface area contributed by atoms with Gasteiger partial charge in [-0.25, -0.2) is 0 Å². The first-order chi connectivity index (χ1) is 13.4.